The van der Waals surface area contributed by atoms with E-state index in [-0.39, 0.29) is 5.41 Å². The summed E-state index contributed by atoms with van der Waals surface area (Å²) in [6.45, 7) is 8.37. The van der Waals surface area contributed by atoms with Crippen LogP contribution < -0.4 is 0 Å². The van der Waals surface area contributed by atoms with E-state index in [1.807, 2.05) is 42.7 Å². The molecule has 0 N–H and O–H groups in total. The minimum Gasteiger partial charge on any atom is -0.331 e. The van der Waals surface area contributed by atoms with Crippen LogP contribution in [-0.2, 0) is 22.0 Å². The van der Waals surface area contributed by atoms with Crippen molar-refractivity contribution in [2.45, 2.75) is 50.5 Å². The van der Waals surface area contributed by atoms with Gasteiger partial charge in [-0.15, -0.1) is 0 Å². The van der Waals surface area contributed by atoms with Crippen LogP contribution in [0.1, 0.15) is 39.2 Å². The van der Waals surface area contributed by atoms with E-state index in [0.29, 0.717) is 23.9 Å². The molecule has 3 aromatic rings. The Hall–Kier alpha value is -2.44. The van der Waals surface area contributed by atoms with Crippen LogP contribution in [0.3, 0.4) is 0 Å². The van der Waals surface area contributed by atoms with Crippen molar-refractivity contribution < 1.29 is 8.42 Å². The molecule has 5 nitrogen and oxygen atoms in total. The van der Waals surface area contributed by atoms with E-state index in [1.165, 1.54) is 0 Å². The molecule has 2 heterocycles. The van der Waals surface area contributed by atoms with Gasteiger partial charge in [-0.2, -0.15) is 4.31 Å². The second-order valence-electron chi connectivity index (χ2n) is 9.39. The number of imidazole rings is 1. The van der Waals surface area contributed by atoms with E-state index >= 15 is 0 Å². The molecule has 1 saturated heterocycles. The fourth-order valence-electron chi connectivity index (χ4n) is 4.19. The summed E-state index contributed by atoms with van der Waals surface area (Å²) in [5.74, 6) is 1.40. The predicted molar refractivity (Wildman–Crippen MR) is 124 cm³/mol. The topological polar surface area (TPSA) is 55.2 Å². The molecule has 0 unspecified atom stereocenters. The van der Waals surface area contributed by atoms with Gasteiger partial charge in [0.05, 0.1) is 4.90 Å². The molecule has 0 saturated carbocycles. The minimum absolute atomic E-state index is 0.00651. The number of nitrogens with zero attached hydrogens (tertiary/aromatic N) is 3. The summed E-state index contributed by atoms with van der Waals surface area (Å²) in [6.07, 6.45) is 5.56. The average Bonchev–Trinajstić information content (AvgIpc) is 3.22. The van der Waals surface area contributed by atoms with Gasteiger partial charge in [-0.05, 0) is 41.9 Å². The molecule has 1 aliphatic heterocycles. The number of sulfonamides is 1. The monoisotopic (exact) mass is 437 g/mol. The lowest BCUT2D eigenvalue weighted by Gasteiger charge is -2.31. The Labute approximate surface area is 185 Å². The second kappa shape index (κ2) is 8.60. The number of rotatable bonds is 5. The van der Waals surface area contributed by atoms with Crippen molar-refractivity contribution in [1.29, 1.82) is 0 Å². The normalized spacial score (nSPS) is 16.5. The van der Waals surface area contributed by atoms with Crippen molar-refractivity contribution in [3.63, 3.8) is 0 Å². The molecule has 6 heteroatoms. The lowest BCUT2D eigenvalue weighted by Crippen LogP contribution is -2.39. The van der Waals surface area contributed by atoms with Crippen molar-refractivity contribution in [1.82, 2.24) is 13.9 Å². The zero-order chi connectivity index (χ0) is 22.1. The van der Waals surface area contributed by atoms with Gasteiger partial charge in [-0.3, -0.25) is 0 Å². The van der Waals surface area contributed by atoms with E-state index in [4.69, 9.17) is 0 Å². The largest absolute Gasteiger partial charge is 0.331 e. The third-order valence-corrected chi connectivity index (χ3v) is 8.05. The molecule has 1 aliphatic rings. The smallest absolute Gasteiger partial charge is 0.243 e. The Bertz CT molecular complexity index is 1110. The van der Waals surface area contributed by atoms with Crippen LogP contribution in [0.4, 0.5) is 0 Å². The second-order valence-corrected chi connectivity index (χ2v) is 11.3. The fraction of sp³-hybridized carbons (Fsp3) is 0.400. The molecule has 1 fully saturated rings. The lowest BCUT2D eigenvalue weighted by molar-refractivity contribution is 0.253. The first kappa shape index (κ1) is 21.8. The maximum atomic E-state index is 13.1. The lowest BCUT2D eigenvalue weighted by atomic mass is 9.87. The molecule has 0 amide bonds. The summed E-state index contributed by atoms with van der Waals surface area (Å²) in [7, 11) is -3.45. The number of hydrogen-bond acceptors (Lipinski definition) is 3. The van der Waals surface area contributed by atoms with Gasteiger partial charge in [0, 0.05) is 37.6 Å². The number of piperidine rings is 1. The standard InChI is InChI=1S/C25H31N3O2S/c1-25(2,3)22-9-11-23(12-10-22)31(29,30)28-16-13-20(14-17-28)19-27-18-15-26-24(27)21-7-5-4-6-8-21/h4-12,15,18,20H,13-14,16-17,19H2,1-3H3. The molecule has 0 atom stereocenters. The highest BCUT2D eigenvalue weighted by Gasteiger charge is 2.30. The van der Waals surface area contributed by atoms with Gasteiger partial charge in [0.15, 0.2) is 0 Å². The van der Waals surface area contributed by atoms with E-state index < -0.39 is 10.0 Å². The molecule has 1 aromatic heterocycles. The highest BCUT2D eigenvalue weighted by molar-refractivity contribution is 7.89. The number of aromatic nitrogens is 2. The molecule has 0 aliphatic carbocycles. The number of hydrogen-bond donors (Lipinski definition) is 0. The van der Waals surface area contributed by atoms with Crippen LogP contribution in [0.15, 0.2) is 71.9 Å². The zero-order valence-electron chi connectivity index (χ0n) is 18.5. The van der Waals surface area contributed by atoms with Crippen LogP contribution in [0, 0.1) is 5.92 Å². The summed E-state index contributed by atoms with van der Waals surface area (Å²) in [4.78, 5) is 4.92. The van der Waals surface area contributed by atoms with Gasteiger partial charge >= 0.3 is 0 Å². The Kier molecular flexibility index (Phi) is 6.04. The first-order valence-electron chi connectivity index (χ1n) is 10.9. The van der Waals surface area contributed by atoms with Crippen LogP contribution in [0.2, 0.25) is 0 Å². The molecule has 2 aromatic carbocycles. The average molecular weight is 438 g/mol. The number of benzene rings is 2. The van der Waals surface area contributed by atoms with Gasteiger partial charge in [0.1, 0.15) is 5.82 Å². The molecule has 0 bridgehead atoms. The maximum absolute atomic E-state index is 13.1. The van der Waals surface area contributed by atoms with E-state index in [1.54, 1.807) is 16.4 Å². The van der Waals surface area contributed by atoms with Crippen LogP contribution >= 0.6 is 0 Å². The Morgan fingerprint density at radius 2 is 1.61 bits per heavy atom. The summed E-state index contributed by atoms with van der Waals surface area (Å²) >= 11 is 0. The first-order chi connectivity index (χ1) is 14.7. The Morgan fingerprint density at radius 3 is 2.23 bits per heavy atom. The summed E-state index contributed by atoms with van der Waals surface area (Å²) in [5, 5.41) is 0. The summed E-state index contributed by atoms with van der Waals surface area (Å²) in [6, 6.07) is 17.5. The molecule has 0 radical (unpaired) electrons. The molecule has 31 heavy (non-hydrogen) atoms. The highest BCUT2D eigenvalue weighted by Crippen LogP contribution is 2.28. The van der Waals surface area contributed by atoms with Gasteiger partial charge in [-0.1, -0.05) is 63.2 Å². The predicted octanol–water partition coefficient (Wildman–Crippen LogP) is 4.95. The van der Waals surface area contributed by atoms with Crippen LogP contribution in [0.5, 0.6) is 0 Å². The van der Waals surface area contributed by atoms with Crippen molar-refractivity contribution >= 4 is 10.0 Å². The van der Waals surface area contributed by atoms with Crippen molar-refractivity contribution in [2.75, 3.05) is 13.1 Å². The Morgan fingerprint density at radius 1 is 0.968 bits per heavy atom. The summed E-state index contributed by atoms with van der Waals surface area (Å²) < 4.78 is 30.1. The van der Waals surface area contributed by atoms with E-state index in [0.717, 1.165) is 36.3 Å². The van der Waals surface area contributed by atoms with Crippen LogP contribution in [0.25, 0.3) is 11.4 Å². The van der Waals surface area contributed by atoms with Crippen LogP contribution in [-0.4, -0.2) is 35.4 Å². The van der Waals surface area contributed by atoms with E-state index in [2.05, 4.69) is 42.5 Å². The third kappa shape index (κ3) is 4.75. The fourth-order valence-corrected chi connectivity index (χ4v) is 5.66. The van der Waals surface area contributed by atoms with Crippen molar-refractivity contribution in [2.24, 2.45) is 5.92 Å². The van der Waals surface area contributed by atoms with Crippen molar-refractivity contribution in [3.8, 4) is 11.4 Å². The van der Waals surface area contributed by atoms with Crippen molar-refractivity contribution in [3.05, 3.63) is 72.6 Å². The quantitative estimate of drug-likeness (QED) is 0.568. The molecule has 4 rings (SSSR count). The molecular formula is C25H31N3O2S. The van der Waals surface area contributed by atoms with Gasteiger partial charge in [0.2, 0.25) is 10.0 Å². The third-order valence-electron chi connectivity index (χ3n) is 6.13. The van der Waals surface area contributed by atoms with Gasteiger partial charge < -0.3 is 4.57 Å². The van der Waals surface area contributed by atoms with E-state index in [9.17, 15) is 8.42 Å². The zero-order valence-corrected chi connectivity index (χ0v) is 19.3. The SMILES string of the molecule is CC(C)(C)c1ccc(S(=O)(=O)N2CCC(Cn3ccnc3-c3ccccc3)CC2)cc1. The minimum atomic E-state index is -3.45. The molecule has 164 valence electrons. The summed E-state index contributed by atoms with van der Waals surface area (Å²) in [5.41, 5.74) is 2.25. The molecular weight excluding hydrogens is 406 g/mol. The Balaban J connectivity index is 1.41. The highest BCUT2D eigenvalue weighted by atomic mass is 32.2. The van der Waals surface area contributed by atoms with Gasteiger partial charge in [-0.25, -0.2) is 13.4 Å². The molecule has 0 spiro atoms. The maximum Gasteiger partial charge on any atom is 0.243 e. The first-order valence-corrected chi connectivity index (χ1v) is 12.4. The van der Waals surface area contributed by atoms with Gasteiger partial charge in [0.25, 0.3) is 0 Å².